The molecule has 2 aliphatic heterocycles. The standard InChI is InChI=1S/C69H82N2O7S/c1-51-25-38-65(64(49-51)78-62-36-32-54(33-37-62)67(5,6)7)79(74,75)77-48-18-43-71-46-41-60(69(73,56-21-13-9-14-22-56)57-23-15-10-16-24-57)50-63(71)52-26-28-58(29-27-52)68(72,55-19-11-8-12-20-55)59-39-44-70(45-40-59)42-17-47-76-61-34-30-53(31-35-61)66(2,3)4/h8-16,19-38,49,59-60,63,72-73H,17-18,39-48,50H2,1-7H3. The summed E-state index contributed by atoms with van der Waals surface area (Å²) in [6.07, 6.45) is 4.41. The summed E-state index contributed by atoms with van der Waals surface area (Å²) in [5.74, 6) is 1.51. The summed E-state index contributed by atoms with van der Waals surface area (Å²) >= 11 is 0. The van der Waals surface area contributed by atoms with Crippen LogP contribution in [-0.2, 0) is 36.3 Å². The van der Waals surface area contributed by atoms with Gasteiger partial charge in [0.1, 0.15) is 33.3 Å². The highest BCUT2D eigenvalue weighted by molar-refractivity contribution is 7.86. The predicted molar refractivity (Wildman–Crippen MR) is 317 cm³/mol. The Morgan fingerprint density at radius 1 is 0.519 bits per heavy atom. The first kappa shape index (κ1) is 57.6. The van der Waals surface area contributed by atoms with Crippen molar-refractivity contribution in [3.63, 3.8) is 0 Å². The summed E-state index contributed by atoms with van der Waals surface area (Å²) in [6.45, 7) is 19.6. The van der Waals surface area contributed by atoms with Crippen LogP contribution in [0.25, 0.3) is 0 Å². The molecule has 416 valence electrons. The second-order valence-electron chi connectivity index (χ2n) is 24.1. The van der Waals surface area contributed by atoms with Crippen molar-refractivity contribution < 1.29 is 32.3 Å². The lowest BCUT2D eigenvalue weighted by molar-refractivity contribution is -0.0322. The molecule has 2 heterocycles. The van der Waals surface area contributed by atoms with Crippen LogP contribution in [0, 0.1) is 18.8 Å². The van der Waals surface area contributed by atoms with Gasteiger partial charge >= 0.3 is 10.1 Å². The summed E-state index contributed by atoms with van der Waals surface area (Å²) in [4.78, 5) is 4.89. The first-order chi connectivity index (χ1) is 37.8. The third-order valence-electron chi connectivity index (χ3n) is 16.6. The third kappa shape index (κ3) is 13.6. The van der Waals surface area contributed by atoms with Crippen molar-refractivity contribution in [2.75, 3.05) is 45.9 Å². The van der Waals surface area contributed by atoms with Gasteiger partial charge < -0.3 is 24.6 Å². The summed E-state index contributed by atoms with van der Waals surface area (Å²) in [7, 11) is -4.20. The van der Waals surface area contributed by atoms with Gasteiger partial charge in [-0.05, 0) is 169 Å². The molecule has 10 heteroatoms. The molecule has 79 heavy (non-hydrogen) atoms. The zero-order valence-corrected chi connectivity index (χ0v) is 48.3. The Kier molecular flexibility index (Phi) is 18.0. The highest BCUT2D eigenvalue weighted by atomic mass is 32.2. The van der Waals surface area contributed by atoms with E-state index in [9.17, 15) is 18.6 Å². The Morgan fingerprint density at radius 2 is 0.987 bits per heavy atom. The van der Waals surface area contributed by atoms with Crippen LogP contribution in [0.5, 0.6) is 17.2 Å². The van der Waals surface area contributed by atoms with Gasteiger partial charge in [0.15, 0.2) is 0 Å². The fourth-order valence-electron chi connectivity index (χ4n) is 12.0. The number of aryl methyl sites for hydroxylation is 1. The van der Waals surface area contributed by atoms with Crippen LogP contribution in [0.1, 0.15) is 131 Å². The number of hydrogen-bond acceptors (Lipinski definition) is 9. The smallest absolute Gasteiger partial charge is 0.300 e. The maximum Gasteiger partial charge on any atom is 0.300 e. The van der Waals surface area contributed by atoms with Crippen molar-refractivity contribution >= 4 is 10.1 Å². The number of aliphatic hydroxyl groups is 2. The van der Waals surface area contributed by atoms with Gasteiger partial charge in [-0.3, -0.25) is 9.08 Å². The summed E-state index contributed by atoms with van der Waals surface area (Å²) < 4.78 is 46.2. The molecule has 0 saturated carbocycles. The Labute approximate surface area is 471 Å². The highest BCUT2D eigenvalue weighted by Gasteiger charge is 2.45. The van der Waals surface area contributed by atoms with Crippen LogP contribution in [0.3, 0.4) is 0 Å². The monoisotopic (exact) mass is 1080 g/mol. The summed E-state index contributed by atoms with van der Waals surface area (Å²) in [6, 6.07) is 59.8. The lowest BCUT2D eigenvalue weighted by Crippen LogP contribution is -2.46. The lowest BCUT2D eigenvalue weighted by atomic mass is 9.69. The number of nitrogens with zero attached hydrogens (tertiary/aromatic N) is 2. The van der Waals surface area contributed by atoms with Gasteiger partial charge in [0.25, 0.3) is 0 Å². The topological polar surface area (TPSA) is 109 Å². The fourth-order valence-corrected chi connectivity index (χ4v) is 13.0. The lowest BCUT2D eigenvalue weighted by Gasteiger charge is -2.46. The molecular formula is C69H82N2O7S. The molecule has 9 nitrogen and oxygen atoms in total. The van der Waals surface area contributed by atoms with Crippen molar-refractivity contribution in [2.45, 2.75) is 120 Å². The van der Waals surface area contributed by atoms with Gasteiger partial charge in [0.2, 0.25) is 0 Å². The molecule has 3 atom stereocenters. The van der Waals surface area contributed by atoms with E-state index in [1.165, 1.54) is 5.56 Å². The zero-order chi connectivity index (χ0) is 55.8. The third-order valence-corrected chi connectivity index (χ3v) is 18.0. The number of benzene rings is 7. The zero-order valence-electron chi connectivity index (χ0n) is 47.5. The predicted octanol–water partition coefficient (Wildman–Crippen LogP) is 14.3. The highest BCUT2D eigenvalue weighted by Crippen LogP contribution is 2.48. The molecule has 0 bridgehead atoms. The SMILES string of the molecule is Cc1ccc(S(=O)(=O)OCCCN2CCC(C(O)(c3ccccc3)c3ccccc3)CC2c2ccc(C(O)(c3ccccc3)C3CCN(CCCOc4ccc(C(C)(C)C)cc4)CC3)cc2)c(Oc2ccc(C(C)(C)C)cc2)c1. The molecule has 9 rings (SSSR count). The van der Waals surface area contributed by atoms with Crippen molar-refractivity contribution in [3.8, 4) is 17.2 Å². The molecule has 2 aliphatic rings. The summed E-state index contributed by atoms with van der Waals surface area (Å²) in [5, 5.41) is 26.3. The van der Waals surface area contributed by atoms with Gasteiger partial charge in [-0.2, -0.15) is 8.42 Å². The van der Waals surface area contributed by atoms with Gasteiger partial charge in [-0.1, -0.05) is 187 Å². The van der Waals surface area contributed by atoms with E-state index in [4.69, 9.17) is 13.7 Å². The van der Waals surface area contributed by atoms with Gasteiger partial charge in [0, 0.05) is 19.1 Å². The molecule has 2 fully saturated rings. The van der Waals surface area contributed by atoms with E-state index in [0.717, 1.165) is 83.6 Å². The quantitative estimate of drug-likeness (QED) is 0.0570. The molecule has 0 aromatic heterocycles. The minimum absolute atomic E-state index is 0.00398. The number of hydrogen-bond donors (Lipinski definition) is 2. The van der Waals surface area contributed by atoms with Crippen molar-refractivity contribution in [3.05, 3.63) is 226 Å². The van der Waals surface area contributed by atoms with Crippen LogP contribution in [0.2, 0.25) is 0 Å². The maximum atomic E-state index is 14.0. The molecule has 0 aliphatic carbocycles. The van der Waals surface area contributed by atoms with E-state index in [0.29, 0.717) is 44.7 Å². The van der Waals surface area contributed by atoms with E-state index >= 15 is 0 Å². The Hall–Kier alpha value is -6.11. The van der Waals surface area contributed by atoms with Crippen molar-refractivity contribution in [1.82, 2.24) is 9.80 Å². The van der Waals surface area contributed by atoms with E-state index in [2.05, 4.69) is 99.9 Å². The minimum atomic E-state index is -4.20. The number of ether oxygens (including phenoxy) is 2. The molecule has 2 N–H and O–H groups in total. The van der Waals surface area contributed by atoms with E-state index in [1.54, 1.807) is 18.2 Å². The largest absolute Gasteiger partial charge is 0.494 e. The first-order valence-corrected chi connectivity index (χ1v) is 29.9. The average Bonchev–Trinajstić information content (AvgIpc) is 3.53. The Morgan fingerprint density at radius 3 is 1.52 bits per heavy atom. The van der Waals surface area contributed by atoms with E-state index in [1.807, 2.05) is 122 Å². The number of likely N-dealkylation sites (tertiary alicyclic amines) is 2. The fraction of sp³-hybridized carbons (Fsp3) is 0.391. The molecule has 0 spiro atoms. The Balaban J connectivity index is 0.920. The van der Waals surface area contributed by atoms with Crippen LogP contribution < -0.4 is 9.47 Å². The number of rotatable bonds is 20. The molecule has 0 radical (unpaired) electrons. The normalized spacial score (nSPS) is 18.0. The molecule has 2 saturated heterocycles. The maximum absolute atomic E-state index is 14.0. The van der Waals surface area contributed by atoms with Crippen LogP contribution in [0.15, 0.2) is 187 Å². The van der Waals surface area contributed by atoms with Crippen LogP contribution >= 0.6 is 0 Å². The number of piperidine rings is 2. The molecule has 0 amide bonds. The van der Waals surface area contributed by atoms with Crippen LogP contribution in [-0.4, -0.2) is 74.4 Å². The molecule has 7 aromatic rings. The van der Waals surface area contributed by atoms with E-state index < -0.39 is 21.3 Å². The first-order valence-electron chi connectivity index (χ1n) is 28.5. The average molecular weight is 1080 g/mol. The van der Waals surface area contributed by atoms with Crippen molar-refractivity contribution in [2.24, 2.45) is 11.8 Å². The van der Waals surface area contributed by atoms with E-state index in [-0.39, 0.29) is 46.0 Å². The minimum Gasteiger partial charge on any atom is -0.494 e. The Bertz CT molecular complexity index is 3110. The molecular weight excluding hydrogens is 1000 g/mol. The second kappa shape index (κ2) is 24.7. The second-order valence-corrected chi connectivity index (χ2v) is 25.7. The van der Waals surface area contributed by atoms with Crippen molar-refractivity contribution in [1.29, 1.82) is 0 Å². The van der Waals surface area contributed by atoms with Crippen LogP contribution in [0.4, 0.5) is 0 Å². The van der Waals surface area contributed by atoms with Gasteiger partial charge in [-0.15, -0.1) is 0 Å². The van der Waals surface area contributed by atoms with Gasteiger partial charge in [-0.25, -0.2) is 0 Å². The molecule has 7 aromatic carbocycles. The van der Waals surface area contributed by atoms with Gasteiger partial charge in [0.05, 0.1) is 13.2 Å². The molecule has 3 unspecified atom stereocenters. The summed E-state index contributed by atoms with van der Waals surface area (Å²) in [5.41, 5.74) is 5.41.